The van der Waals surface area contributed by atoms with Gasteiger partial charge >= 0.3 is 5.97 Å². The first-order chi connectivity index (χ1) is 14.0. The van der Waals surface area contributed by atoms with Crippen molar-refractivity contribution in [2.24, 2.45) is 11.8 Å². The van der Waals surface area contributed by atoms with Crippen molar-refractivity contribution < 1.29 is 24.9 Å². The molecule has 0 aromatic heterocycles. The van der Waals surface area contributed by atoms with Gasteiger partial charge in [-0.15, -0.1) is 0 Å². The van der Waals surface area contributed by atoms with Gasteiger partial charge in [0, 0.05) is 18.3 Å². The highest BCUT2D eigenvalue weighted by molar-refractivity contribution is 5.88. The molecular formula is C24H34O5. The van der Waals surface area contributed by atoms with Crippen LogP contribution in [0, 0.1) is 11.8 Å². The summed E-state index contributed by atoms with van der Waals surface area (Å²) >= 11 is 0. The van der Waals surface area contributed by atoms with Crippen LogP contribution in [0.4, 0.5) is 0 Å². The van der Waals surface area contributed by atoms with Gasteiger partial charge in [0.1, 0.15) is 11.9 Å². The number of rotatable bonds is 8. The van der Waals surface area contributed by atoms with Crippen LogP contribution in [-0.2, 0) is 6.42 Å². The largest absolute Gasteiger partial charge is 0.490 e. The number of carbonyl (C=O) groups is 1. The maximum Gasteiger partial charge on any atom is 0.335 e. The van der Waals surface area contributed by atoms with E-state index in [0.29, 0.717) is 12.2 Å². The van der Waals surface area contributed by atoms with Crippen LogP contribution in [0.25, 0.3) is 0 Å². The summed E-state index contributed by atoms with van der Waals surface area (Å²) in [5.74, 6) is -0.188. The van der Waals surface area contributed by atoms with Crippen molar-refractivity contribution in [2.45, 2.75) is 83.0 Å². The van der Waals surface area contributed by atoms with Gasteiger partial charge in [-0.05, 0) is 43.4 Å². The third-order valence-electron chi connectivity index (χ3n) is 6.37. The first-order valence-corrected chi connectivity index (χ1v) is 11.1. The number of carboxylic acid groups (broad SMARTS) is 1. The van der Waals surface area contributed by atoms with Gasteiger partial charge in [-0.2, -0.15) is 0 Å². The molecule has 1 aromatic carbocycles. The van der Waals surface area contributed by atoms with E-state index in [4.69, 9.17) is 4.74 Å². The molecular weight excluding hydrogens is 368 g/mol. The molecule has 1 aromatic rings. The number of aryl methyl sites for hydroxylation is 1. The van der Waals surface area contributed by atoms with Crippen LogP contribution < -0.4 is 4.74 Å². The maximum atomic E-state index is 11.3. The van der Waals surface area contributed by atoms with Crippen molar-refractivity contribution >= 4 is 5.97 Å². The molecule has 0 spiro atoms. The lowest BCUT2D eigenvalue weighted by atomic mass is 9.86. The number of hydrogen-bond donors (Lipinski definition) is 3. The second-order valence-corrected chi connectivity index (χ2v) is 8.52. The van der Waals surface area contributed by atoms with E-state index in [-0.39, 0.29) is 23.5 Å². The molecule has 1 unspecified atom stereocenters. The third-order valence-corrected chi connectivity index (χ3v) is 6.37. The molecule has 0 radical (unpaired) electrons. The second-order valence-electron chi connectivity index (χ2n) is 8.52. The Labute approximate surface area is 173 Å². The fraction of sp³-hybridized carbons (Fsp3) is 0.625. The molecule has 2 aliphatic rings. The van der Waals surface area contributed by atoms with Gasteiger partial charge in [0.25, 0.3) is 0 Å². The van der Waals surface area contributed by atoms with E-state index >= 15 is 0 Å². The molecule has 29 heavy (non-hydrogen) atoms. The zero-order chi connectivity index (χ0) is 20.8. The number of benzene rings is 1. The van der Waals surface area contributed by atoms with Crippen molar-refractivity contribution in [3.8, 4) is 5.75 Å². The average Bonchev–Trinajstić information content (AvgIpc) is 2.96. The number of hydrogen-bond acceptors (Lipinski definition) is 4. The van der Waals surface area contributed by atoms with Gasteiger partial charge in [0.05, 0.1) is 17.8 Å². The maximum absolute atomic E-state index is 11.3. The minimum absolute atomic E-state index is 0.0329. The molecule has 0 saturated heterocycles. The number of fused-ring (bicyclic) bond motifs is 2. The molecule has 5 nitrogen and oxygen atoms in total. The van der Waals surface area contributed by atoms with Gasteiger partial charge in [-0.1, -0.05) is 50.8 Å². The Bertz CT molecular complexity index is 713. The molecule has 1 aliphatic carbocycles. The molecule has 1 aliphatic heterocycles. The molecule has 1 saturated carbocycles. The Kier molecular flexibility index (Phi) is 7.73. The highest BCUT2D eigenvalue weighted by atomic mass is 16.5. The molecule has 3 N–H and O–H groups in total. The van der Waals surface area contributed by atoms with E-state index in [0.717, 1.165) is 44.1 Å². The standard InChI is InChI=1S/C24H34O5/c1-2-3-4-5-8-18(25)12-13-19-20-9-6-7-16-10-11-17(24(27)28)14-22(16)29-23(20)15-21(19)26/h10-14,18-21,23,25-26H,2-9,15H2,1H3,(H,27,28)/b13-12+/t18-,19+,20?,21+,23-/m0/s1. The fourth-order valence-electron chi connectivity index (χ4n) is 4.72. The van der Waals surface area contributed by atoms with E-state index in [9.17, 15) is 20.1 Å². The van der Waals surface area contributed by atoms with Crippen LogP contribution in [0.2, 0.25) is 0 Å². The first-order valence-electron chi connectivity index (χ1n) is 11.1. The Morgan fingerprint density at radius 1 is 1.31 bits per heavy atom. The van der Waals surface area contributed by atoms with Crippen LogP contribution >= 0.6 is 0 Å². The molecule has 5 atom stereocenters. The molecule has 160 valence electrons. The number of aromatic carboxylic acids is 1. The SMILES string of the molecule is CCCCCC[C@H](O)/C=C/[C@@H]1C2CCCc3ccc(C(=O)O)cc3O[C@H]2C[C@H]1O. The van der Waals surface area contributed by atoms with E-state index in [2.05, 4.69) is 6.92 Å². The normalized spacial score (nSPS) is 27.6. The Morgan fingerprint density at radius 3 is 2.90 bits per heavy atom. The van der Waals surface area contributed by atoms with Crippen LogP contribution in [0.3, 0.4) is 0 Å². The predicted octanol–water partition coefficient (Wildman–Crippen LogP) is 4.35. The van der Waals surface area contributed by atoms with E-state index < -0.39 is 18.2 Å². The zero-order valence-corrected chi connectivity index (χ0v) is 17.3. The Morgan fingerprint density at radius 2 is 2.14 bits per heavy atom. The van der Waals surface area contributed by atoms with E-state index in [1.54, 1.807) is 12.1 Å². The van der Waals surface area contributed by atoms with Crippen molar-refractivity contribution in [2.75, 3.05) is 0 Å². The second kappa shape index (κ2) is 10.3. The molecule has 3 rings (SSSR count). The minimum atomic E-state index is -0.963. The monoisotopic (exact) mass is 402 g/mol. The van der Waals surface area contributed by atoms with Crippen LogP contribution in [-0.4, -0.2) is 39.6 Å². The number of unbranched alkanes of at least 4 members (excludes halogenated alkanes) is 3. The smallest absolute Gasteiger partial charge is 0.335 e. The Balaban J connectivity index is 1.66. The molecule has 0 bridgehead atoms. The minimum Gasteiger partial charge on any atom is -0.490 e. The topological polar surface area (TPSA) is 87.0 Å². The third kappa shape index (κ3) is 5.61. The number of aliphatic hydroxyl groups excluding tert-OH is 2. The number of aliphatic hydroxyl groups is 2. The fourth-order valence-corrected chi connectivity index (χ4v) is 4.72. The van der Waals surface area contributed by atoms with Gasteiger partial charge in [0.2, 0.25) is 0 Å². The van der Waals surface area contributed by atoms with Crippen LogP contribution in [0.1, 0.15) is 74.2 Å². The average molecular weight is 403 g/mol. The summed E-state index contributed by atoms with van der Waals surface area (Å²) in [5.41, 5.74) is 1.26. The summed E-state index contributed by atoms with van der Waals surface area (Å²) in [6.07, 6.45) is 11.3. The number of carboxylic acids is 1. The van der Waals surface area contributed by atoms with Crippen molar-refractivity contribution in [1.29, 1.82) is 0 Å². The lowest BCUT2D eigenvalue weighted by Crippen LogP contribution is -2.27. The van der Waals surface area contributed by atoms with Gasteiger partial charge in [-0.25, -0.2) is 4.79 Å². The first kappa shape index (κ1) is 21.8. The molecule has 0 amide bonds. The summed E-state index contributed by atoms with van der Waals surface area (Å²) in [7, 11) is 0. The highest BCUT2D eigenvalue weighted by Crippen LogP contribution is 2.42. The lowest BCUT2D eigenvalue weighted by Gasteiger charge is -2.28. The molecule has 5 heteroatoms. The zero-order valence-electron chi connectivity index (χ0n) is 17.3. The highest BCUT2D eigenvalue weighted by Gasteiger charge is 2.43. The quantitative estimate of drug-likeness (QED) is 0.444. The summed E-state index contributed by atoms with van der Waals surface area (Å²) in [5, 5.41) is 30.2. The summed E-state index contributed by atoms with van der Waals surface area (Å²) in [6, 6.07) is 5.08. The van der Waals surface area contributed by atoms with Crippen LogP contribution in [0.15, 0.2) is 30.4 Å². The van der Waals surface area contributed by atoms with Crippen molar-refractivity contribution in [3.05, 3.63) is 41.5 Å². The van der Waals surface area contributed by atoms with Crippen LogP contribution in [0.5, 0.6) is 5.75 Å². The van der Waals surface area contributed by atoms with Gasteiger partial charge in [0.15, 0.2) is 0 Å². The summed E-state index contributed by atoms with van der Waals surface area (Å²) in [4.78, 5) is 11.3. The van der Waals surface area contributed by atoms with Gasteiger partial charge < -0.3 is 20.1 Å². The lowest BCUT2D eigenvalue weighted by molar-refractivity contribution is 0.0695. The van der Waals surface area contributed by atoms with E-state index in [1.165, 1.54) is 12.8 Å². The summed E-state index contributed by atoms with van der Waals surface area (Å²) < 4.78 is 6.23. The molecule has 1 fully saturated rings. The molecule has 1 heterocycles. The Hall–Kier alpha value is -1.85. The number of ether oxygens (including phenoxy) is 1. The predicted molar refractivity (Wildman–Crippen MR) is 112 cm³/mol. The van der Waals surface area contributed by atoms with Crippen molar-refractivity contribution in [3.63, 3.8) is 0 Å². The summed E-state index contributed by atoms with van der Waals surface area (Å²) in [6.45, 7) is 2.17. The van der Waals surface area contributed by atoms with E-state index in [1.807, 2.05) is 18.2 Å². The van der Waals surface area contributed by atoms with Crippen molar-refractivity contribution in [1.82, 2.24) is 0 Å². The van der Waals surface area contributed by atoms with Gasteiger partial charge in [-0.3, -0.25) is 0 Å².